The Labute approximate surface area is 104 Å². The predicted octanol–water partition coefficient (Wildman–Crippen LogP) is 2.22. The van der Waals surface area contributed by atoms with E-state index in [0.717, 1.165) is 0 Å². The number of methoxy groups -OCH3 is 1. The summed E-state index contributed by atoms with van der Waals surface area (Å²) in [5.41, 5.74) is -0.284. The van der Waals surface area contributed by atoms with E-state index in [-0.39, 0.29) is 15.4 Å². The van der Waals surface area contributed by atoms with Gasteiger partial charge in [-0.25, -0.2) is 9.18 Å². The van der Waals surface area contributed by atoms with Crippen molar-refractivity contribution in [1.29, 1.82) is 0 Å². The van der Waals surface area contributed by atoms with E-state index in [2.05, 4.69) is 25.7 Å². The zero-order valence-corrected chi connectivity index (χ0v) is 10.3. The second-order valence-corrected chi connectivity index (χ2v) is 4.19. The van der Waals surface area contributed by atoms with E-state index in [0.29, 0.717) is 5.52 Å². The summed E-state index contributed by atoms with van der Waals surface area (Å²) in [5, 5.41) is 0.223. The Balaban J connectivity index is 2.80. The molecule has 0 amide bonds. The molecule has 0 unspecified atom stereocenters. The third-order valence-corrected chi connectivity index (χ3v) is 2.93. The molecule has 0 fully saturated rings. The lowest BCUT2D eigenvalue weighted by molar-refractivity contribution is 0.0599. The molecule has 6 heteroatoms. The first-order valence-corrected chi connectivity index (χ1v) is 5.42. The summed E-state index contributed by atoms with van der Waals surface area (Å²) in [7, 11) is 1.19. The fourth-order valence-corrected chi connectivity index (χ4v) is 1.82. The molecule has 0 saturated carbocycles. The SMILES string of the molecule is COC(=O)c1c[nH]c2cc(F)c(Br)cc2c1=O. The molecular weight excluding hydrogens is 293 g/mol. The van der Waals surface area contributed by atoms with Crippen molar-refractivity contribution < 1.29 is 13.9 Å². The summed E-state index contributed by atoms with van der Waals surface area (Å²) < 4.78 is 17.9. The molecule has 0 aliphatic carbocycles. The van der Waals surface area contributed by atoms with Crippen LogP contribution in [0.2, 0.25) is 0 Å². The molecule has 0 aliphatic heterocycles. The van der Waals surface area contributed by atoms with Gasteiger partial charge in [-0.05, 0) is 28.1 Å². The number of esters is 1. The van der Waals surface area contributed by atoms with Gasteiger partial charge in [-0.3, -0.25) is 4.79 Å². The molecule has 0 atom stereocenters. The van der Waals surface area contributed by atoms with Gasteiger partial charge >= 0.3 is 5.97 Å². The van der Waals surface area contributed by atoms with Gasteiger partial charge in [-0.1, -0.05) is 0 Å². The average molecular weight is 300 g/mol. The van der Waals surface area contributed by atoms with Crippen LogP contribution >= 0.6 is 15.9 Å². The minimum atomic E-state index is -0.728. The molecular formula is C11H7BrFNO3. The van der Waals surface area contributed by atoms with Gasteiger partial charge in [-0.2, -0.15) is 0 Å². The quantitative estimate of drug-likeness (QED) is 0.822. The molecule has 0 spiro atoms. The van der Waals surface area contributed by atoms with Crippen LogP contribution in [0, 0.1) is 5.82 Å². The van der Waals surface area contributed by atoms with Crippen LogP contribution in [0.1, 0.15) is 10.4 Å². The Morgan fingerprint density at radius 2 is 2.18 bits per heavy atom. The number of hydrogen-bond donors (Lipinski definition) is 1. The number of H-pyrrole nitrogens is 1. The van der Waals surface area contributed by atoms with E-state index in [9.17, 15) is 14.0 Å². The number of fused-ring (bicyclic) bond motifs is 1. The summed E-state index contributed by atoms with van der Waals surface area (Å²) in [5.74, 6) is -1.22. The number of ether oxygens (including phenoxy) is 1. The third-order valence-electron chi connectivity index (χ3n) is 2.33. The topological polar surface area (TPSA) is 59.2 Å². The largest absolute Gasteiger partial charge is 0.465 e. The second-order valence-electron chi connectivity index (χ2n) is 3.33. The fourth-order valence-electron chi connectivity index (χ4n) is 1.48. The number of halogens is 2. The maximum Gasteiger partial charge on any atom is 0.343 e. The standard InChI is InChI=1S/C11H7BrFNO3/c1-17-11(16)6-4-14-9-3-8(13)7(12)2-5(9)10(6)15/h2-4H,1H3,(H,14,15). The number of pyridine rings is 1. The second kappa shape index (κ2) is 4.29. The lowest BCUT2D eigenvalue weighted by Crippen LogP contribution is -2.17. The summed E-state index contributed by atoms with van der Waals surface area (Å²) in [6.45, 7) is 0. The lowest BCUT2D eigenvalue weighted by Gasteiger charge is -2.03. The molecule has 1 N–H and O–H groups in total. The van der Waals surface area contributed by atoms with Gasteiger partial charge in [0.05, 0.1) is 17.1 Å². The molecule has 2 rings (SSSR count). The highest BCUT2D eigenvalue weighted by atomic mass is 79.9. The first-order chi connectivity index (χ1) is 8.04. The molecule has 0 bridgehead atoms. The van der Waals surface area contributed by atoms with Crippen molar-refractivity contribution in [1.82, 2.24) is 4.98 Å². The zero-order valence-electron chi connectivity index (χ0n) is 8.71. The van der Waals surface area contributed by atoms with Gasteiger partial charge in [0.1, 0.15) is 11.4 Å². The minimum Gasteiger partial charge on any atom is -0.465 e. The Bertz CT molecular complexity index is 666. The molecule has 0 radical (unpaired) electrons. The molecule has 17 heavy (non-hydrogen) atoms. The maximum atomic E-state index is 13.2. The fraction of sp³-hybridized carbons (Fsp3) is 0.0909. The summed E-state index contributed by atoms with van der Waals surface area (Å²) in [4.78, 5) is 25.9. The number of aromatic amines is 1. The van der Waals surface area contributed by atoms with Gasteiger partial charge < -0.3 is 9.72 Å². The van der Waals surface area contributed by atoms with E-state index >= 15 is 0 Å². The number of aromatic nitrogens is 1. The molecule has 1 aromatic heterocycles. The van der Waals surface area contributed by atoms with Gasteiger partial charge in [0.25, 0.3) is 0 Å². The normalized spacial score (nSPS) is 10.5. The van der Waals surface area contributed by atoms with Crippen LogP contribution in [0.25, 0.3) is 10.9 Å². The molecule has 1 aromatic carbocycles. The Hall–Kier alpha value is -1.69. The maximum absolute atomic E-state index is 13.2. The molecule has 0 aliphatic rings. The number of hydrogen-bond acceptors (Lipinski definition) is 3. The first kappa shape index (κ1) is 11.8. The highest BCUT2D eigenvalue weighted by molar-refractivity contribution is 9.10. The van der Waals surface area contributed by atoms with Crippen LogP contribution in [0.3, 0.4) is 0 Å². The van der Waals surface area contributed by atoms with E-state index in [1.54, 1.807) is 0 Å². The van der Waals surface area contributed by atoms with Crippen molar-refractivity contribution in [3.63, 3.8) is 0 Å². The van der Waals surface area contributed by atoms with Crippen LogP contribution < -0.4 is 5.43 Å². The summed E-state index contributed by atoms with van der Waals surface area (Å²) in [6.07, 6.45) is 1.21. The van der Waals surface area contributed by atoms with E-state index in [1.165, 1.54) is 25.4 Å². The number of carbonyl (C=O) groups is 1. The molecule has 0 saturated heterocycles. The van der Waals surface area contributed by atoms with E-state index in [4.69, 9.17) is 0 Å². The van der Waals surface area contributed by atoms with Crippen LogP contribution in [-0.2, 0) is 4.74 Å². The number of benzene rings is 1. The first-order valence-electron chi connectivity index (χ1n) is 4.63. The van der Waals surface area contributed by atoms with Crippen LogP contribution in [0.4, 0.5) is 4.39 Å². The van der Waals surface area contributed by atoms with Crippen molar-refractivity contribution in [3.8, 4) is 0 Å². The monoisotopic (exact) mass is 299 g/mol. The van der Waals surface area contributed by atoms with Crippen molar-refractivity contribution in [2.24, 2.45) is 0 Å². The molecule has 4 nitrogen and oxygen atoms in total. The average Bonchev–Trinajstić information content (AvgIpc) is 2.31. The van der Waals surface area contributed by atoms with Crippen LogP contribution in [0.15, 0.2) is 27.6 Å². The smallest absolute Gasteiger partial charge is 0.343 e. The Morgan fingerprint density at radius 1 is 1.47 bits per heavy atom. The minimum absolute atomic E-state index is 0.112. The van der Waals surface area contributed by atoms with Gasteiger partial charge in [0.15, 0.2) is 0 Å². The molecule has 88 valence electrons. The Morgan fingerprint density at radius 3 is 2.82 bits per heavy atom. The van der Waals surface area contributed by atoms with Gasteiger partial charge in [-0.15, -0.1) is 0 Å². The van der Waals surface area contributed by atoms with Crippen LogP contribution in [-0.4, -0.2) is 18.1 Å². The Kier molecular flexibility index (Phi) is 2.97. The molecule has 1 heterocycles. The number of rotatable bonds is 1. The number of nitrogens with one attached hydrogen (secondary N) is 1. The summed E-state index contributed by atoms with van der Waals surface area (Å²) >= 11 is 2.99. The van der Waals surface area contributed by atoms with Crippen molar-refractivity contribution in [3.05, 3.63) is 44.4 Å². The van der Waals surface area contributed by atoms with Gasteiger partial charge in [0, 0.05) is 11.6 Å². The van der Waals surface area contributed by atoms with Crippen molar-refractivity contribution >= 4 is 32.8 Å². The number of carbonyl (C=O) groups excluding carboxylic acids is 1. The lowest BCUT2D eigenvalue weighted by atomic mass is 10.1. The third kappa shape index (κ3) is 1.95. The van der Waals surface area contributed by atoms with Gasteiger partial charge in [0.2, 0.25) is 5.43 Å². The zero-order chi connectivity index (χ0) is 12.6. The molecule has 2 aromatic rings. The van der Waals surface area contributed by atoms with Crippen molar-refractivity contribution in [2.75, 3.05) is 7.11 Å². The van der Waals surface area contributed by atoms with E-state index < -0.39 is 17.2 Å². The van der Waals surface area contributed by atoms with Crippen LogP contribution in [0.5, 0.6) is 0 Å². The van der Waals surface area contributed by atoms with Crippen molar-refractivity contribution in [2.45, 2.75) is 0 Å². The summed E-state index contributed by atoms with van der Waals surface area (Å²) in [6, 6.07) is 2.51. The van der Waals surface area contributed by atoms with E-state index in [1.807, 2.05) is 0 Å². The highest BCUT2D eigenvalue weighted by Crippen LogP contribution is 2.20. The highest BCUT2D eigenvalue weighted by Gasteiger charge is 2.14. The predicted molar refractivity (Wildman–Crippen MR) is 63.6 cm³/mol.